The monoisotopic (exact) mass is 342 g/mol. The lowest BCUT2D eigenvalue weighted by Crippen LogP contribution is -2.38. The number of amides is 1. The number of sulfonamides is 1. The number of nitrogens with one attached hydrogen (secondary N) is 1. The highest BCUT2D eigenvalue weighted by Gasteiger charge is 2.16. The van der Waals surface area contributed by atoms with Gasteiger partial charge in [-0.3, -0.25) is 4.79 Å². The first-order chi connectivity index (χ1) is 10.8. The summed E-state index contributed by atoms with van der Waals surface area (Å²) in [6.07, 6.45) is 1.79. The Kier molecular flexibility index (Phi) is 7.67. The third-order valence-electron chi connectivity index (χ3n) is 3.64. The fourth-order valence-corrected chi connectivity index (χ4v) is 2.99. The molecule has 1 amide bonds. The number of methoxy groups -OCH3 is 1. The van der Waals surface area contributed by atoms with Gasteiger partial charge < -0.3 is 10.1 Å². The molecule has 0 unspecified atom stereocenters. The van der Waals surface area contributed by atoms with Gasteiger partial charge in [-0.1, -0.05) is 6.07 Å². The lowest BCUT2D eigenvalue weighted by molar-refractivity contribution is 0.0951. The van der Waals surface area contributed by atoms with Crippen LogP contribution in [0.4, 0.5) is 0 Å². The summed E-state index contributed by atoms with van der Waals surface area (Å²) < 4.78 is 29.7. The molecule has 6 nitrogen and oxygen atoms in total. The molecular formula is C16H26N2O4S. The zero-order valence-corrected chi connectivity index (χ0v) is 15.1. The van der Waals surface area contributed by atoms with Crippen LogP contribution in [0.15, 0.2) is 18.2 Å². The lowest BCUT2D eigenvalue weighted by Gasteiger charge is -2.20. The van der Waals surface area contributed by atoms with Crippen molar-refractivity contribution in [3.8, 4) is 0 Å². The number of hydrogen-bond acceptors (Lipinski definition) is 4. The number of carbonyl (C=O) groups excluding carboxylic acids is 1. The molecule has 0 bridgehead atoms. The Hall–Kier alpha value is -1.44. The molecule has 0 aliphatic carbocycles. The van der Waals surface area contributed by atoms with Crippen LogP contribution in [0.2, 0.25) is 0 Å². The van der Waals surface area contributed by atoms with Gasteiger partial charge in [-0.25, -0.2) is 12.7 Å². The second-order valence-electron chi connectivity index (χ2n) is 5.56. The smallest absolute Gasteiger partial charge is 0.251 e. The summed E-state index contributed by atoms with van der Waals surface area (Å²) in [6, 6.07) is 5.50. The first-order valence-electron chi connectivity index (χ1n) is 7.55. The fourth-order valence-electron chi connectivity index (χ4n) is 2.11. The van der Waals surface area contributed by atoms with Gasteiger partial charge >= 0.3 is 0 Å². The minimum Gasteiger partial charge on any atom is -0.385 e. The third kappa shape index (κ3) is 6.68. The molecule has 1 aromatic rings. The Morgan fingerprint density at radius 3 is 2.48 bits per heavy atom. The van der Waals surface area contributed by atoms with Crippen molar-refractivity contribution < 1.29 is 17.9 Å². The highest BCUT2D eigenvalue weighted by atomic mass is 32.2. The standard InChI is InChI=1S/C16H26N2O4S/c1-13-6-7-15(12-14(13)2)16(19)17-8-10-18(23(4,20)21)9-5-11-22-3/h6-7,12H,5,8-11H2,1-4H3,(H,17,19). The average Bonchev–Trinajstić information content (AvgIpc) is 2.47. The summed E-state index contributed by atoms with van der Waals surface area (Å²) in [5.74, 6) is -0.196. The first-order valence-corrected chi connectivity index (χ1v) is 9.40. The molecule has 1 aromatic carbocycles. The SMILES string of the molecule is COCCCN(CCNC(=O)c1ccc(C)c(C)c1)S(C)(=O)=O. The van der Waals surface area contributed by atoms with Crippen molar-refractivity contribution in [3.05, 3.63) is 34.9 Å². The van der Waals surface area contributed by atoms with Crippen LogP contribution >= 0.6 is 0 Å². The zero-order chi connectivity index (χ0) is 17.5. The van der Waals surface area contributed by atoms with Gasteiger partial charge in [-0.2, -0.15) is 0 Å². The molecule has 0 radical (unpaired) electrons. The summed E-state index contributed by atoms with van der Waals surface area (Å²) >= 11 is 0. The van der Waals surface area contributed by atoms with Crippen LogP contribution in [0.1, 0.15) is 27.9 Å². The molecule has 7 heteroatoms. The predicted octanol–water partition coefficient (Wildman–Crippen LogP) is 1.33. The summed E-state index contributed by atoms with van der Waals surface area (Å²) in [6.45, 7) is 5.34. The number of carbonyl (C=O) groups is 1. The van der Waals surface area contributed by atoms with Crippen LogP contribution < -0.4 is 5.32 Å². The van der Waals surface area contributed by atoms with Crippen molar-refractivity contribution in [2.24, 2.45) is 0 Å². The highest BCUT2D eigenvalue weighted by molar-refractivity contribution is 7.88. The van der Waals surface area contributed by atoms with Crippen LogP contribution in [0.25, 0.3) is 0 Å². The number of ether oxygens (including phenoxy) is 1. The minimum atomic E-state index is -3.29. The van der Waals surface area contributed by atoms with E-state index in [4.69, 9.17) is 4.74 Å². The Bertz CT molecular complexity index is 629. The Labute approximate surface area is 138 Å². The topological polar surface area (TPSA) is 75.7 Å². The van der Waals surface area contributed by atoms with Crippen LogP contribution in [-0.4, -0.2) is 58.2 Å². The molecule has 23 heavy (non-hydrogen) atoms. The molecule has 0 saturated heterocycles. The van der Waals surface area contributed by atoms with Crippen LogP contribution in [0.3, 0.4) is 0 Å². The second kappa shape index (κ2) is 9.00. The molecule has 0 heterocycles. The molecule has 1 rings (SSSR count). The van der Waals surface area contributed by atoms with Crippen molar-refractivity contribution in [3.63, 3.8) is 0 Å². The summed E-state index contributed by atoms with van der Waals surface area (Å²) in [4.78, 5) is 12.1. The third-order valence-corrected chi connectivity index (χ3v) is 4.94. The van der Waals surface area contributed by atoms with E-state index in [1.54, 1.807) is 13.2 Å². The molecule has 0 fully saturated rings. The highest BCUT2D eigenvalue weighted by Crippen LogP contribution is 2.09. The van der Waals surface area contributed by atoms with Crippen molar-refractivity contribution in [2.45, 2.75) is 20.3 Å². The van der Waals surface area contributed by atoms with Gasteiger partial charge in [-0.15, -0.1) is 0 Å². The van der Waals surface area contributed by atoms with E-state index in [0.717, 1.165) is 11.1 Å². The Morgan fingerprint density at radius 2 is 1.91 bits per heavy atom. The maximum Gasteiger partial charge on any atom is 0.251 e. The first kappa shape index (κ1) is 19.6. The van der Waals surface area contributed by atoms with E-state index < -0.39 is 10.0 Å². The van der Waals surface area contributed by atoms with Crippen LogP contribution in [0, 0.1) is 13.8 Å². The summed E-state index contributed by atoms with van der Waals surface area (Å²) in [7, 11) is -1.72. The summed E-state index contributed by atoms with van der Waals surface area (Å²) in [5, 5.41) is 2.76. The van der Waals surface area contributed by atoms with Crippen molar-refractivity contribution in [2.75, 3.05) is 39.6 Å². The Morgan fingerprint density at radius 1 is 1.22 bits per heavy atom. The largest absolute Gasteiger partial charge is 0.385 e. The van der Waals surface area contributed by atoms with E-state index in [2.05, 4.69) is 5.32 Å². The predicted molar refractivity (Wildman–Crippen MR) is 91.2 cm³/mol. The van der Waals surface area contributed by atoms with Gasteiger partial charge in [0, 0.05) is 38.9 Å². The van der Waals surface area contributed by atoms with Crippen molar-refractivity contribution >= 4 is 15.9 Å². The number of nitrogens with zero attached hydrogens (tertiary/aromatic N) is 1. The molecule has 0 saturated carbocycles. The molecule has 0 spiro atoms. The fraction of sp³-hybridized carbons (Fsp3) is 0.562. The van der Waals surface area contributed by atoms with Crippen molar-refractivity contribution in [1.29, 1.82) is 0 Å². The molecule has 0 aromatic heterocycles. The molecule has 0 atom stereocenters. The van der Waals surface area contributed by atoms with Gasteiger partial charge in [0.2, 0.25) is 10.0 Å². The minimum absolute atomic E-state index is 0.196. The maximum absolute atomic E-state index is 12.1. The molecule has 0 aliphatic heterocycles. The number of benzene rings is 1. The van der Waals surface area contributed by atoms with Crippen LogP contribution in [0.5, 0.6) is 0 Å². The second-order valence-corrected chi connectivity index (χ2v) is 7.55. The molecular weight excluding hydrogens is 316 g/mol. The van der Waals surface area contributed by atoms with Gasteiger partial charge in [0.1, 0.15) is 0 Å². The van der Waals surface area contributed by atoms with Gasteiger partial charge in [0.05, 0.1) is 6.26 Å². The quantitative estimate of drug-likeness (QED) is 0.687. The molecule has 1 N–H and O–H groups in total. The van der Waals surface area contributed by atoms with Crippen LogP contribution in [-0.2, 0) is 14.8 Å². The average molecular weight is 342 g/mol. The molecule has 130 valence electrons. The van der Waals surface area contributed by atoms with Gasteiger partial charge in [0.15, 0.2) is 0 Å². The number of hydrogen-bond donors (Lipinski definition) is 1. The van der Waals surface area contributed by atoms with E-state index in [1.807, 2.05) is 26.0 Å². The van der Waals surface area contributed by atoms with E-state index in [-0.39, 0.29) is 19.0 Å². The number of rotatable bonds is 9. The maximum atomic E-state index is 12.1. The lowest BCUT2D eigenvalue weighted by atomic mass is 10.1. The van der Waals surface area contributed by atoms with E-state index in [0.29, 0.717) is 25.1 Å². The van der Waals surface area contributed by atoms with Gasteiger partial charge in [-0.05, 0) is 43.5 Å². The van der Waals surface area contributed by atoms with E-state index >= 15 is 0 Å². The zero-order valence-electron chi connectivity index (χ0n) is 14.3. The Balaban J connectivity index is 2.54. The van der Waals surface area contributed by atoms with Gasteiger partial charge in [0.25, 0.3) is 5.91 Å². The normalized spacial score (nSPS) is 11.7. The van der Waals surface area contributed by atoms with E-state index in [9.17, 15) is 13.2 Å². The number of aryl methyl sites for hydroxylation is 2. The molecule has 0 aliphatic rings. The van der Waals surface area contributed by atoms with Crippen molar-refractivity contribution in [1.82, 2.24) is 9.62 Å². The summed E-state index contributed by atoms with van der Waals surface area (Å²) in [5.41, 5.74) is 2.76. The van der Waals surface area contributed by atoms with E-state index in [1.165, 1.54) is 10.6 Å².